The fraction of sp³-hybridized carbons (Fsp3) is 0.240. The van der Waals surface area contributed by atoms with Crippen LogP contribution < -0.4 is 4.90 Å². The number of ketones is 1. The Morgan fingerprint density at radius 1 is 1.10 bits per heavy atom. The number of hydrogen-bond donors (Lipinski definition) is 1. The molecule has 5 nitrogen and oxygen atoms in total. The molecule has 3 aromatic rings. The lowest BCUT2D eigenvalue weighted by molar-refractivity contribution is -0.132. The van der Waals surface area contributed by atoms with Gasteiger partial charge in [0, 0.05) is 17.1 Å². The highest BCUT2D eigenvalue weighted by atomic mass is 32.1. The summed E-state index contributed by atoms with van der Waals surface area (Å²) >= 11 is 1.29. The Bertz CT molecular complexity index is 1180. The number of carbonyl (C=O) groups excluding carboxylic acids is 2. The maximum Gasteiger partial charge on any atom is 0.301 e. The zero-order valence-electron chi connectivity index (χ0n) is 17.9. The number of benzene rings is 2. The van der Waals surface area contributed by atoms with Gasteiger partial charge in [0.1, 0.15) is 5.76 Å². The van der Waals surface area contributed by atoms with E-state index in [1.807, 2.05) is 56.3 Å². The first kappa shape index (κ1) is 21.0. The van der Waals surface area contributed by atoms with Crippen molar-refractivity contribution in [3.05, 3.63) is 87.4 Å². The number of aliphatic hydroxyl groups is 1. The third-order valence-corrected chi connectivity index (χ3v) is 6.41. The number of anilines is 1. The van der Waals surface area contributed by atoms with Crippen LogP contribution in [-0.4, -0.2) is 21.8 Å². The standard InChI is InChI=1S/C25H24N2O3S/c1-14(2)17-7-9-18(10-8-17)21-20(22(28)19-13-15(3)5-6-16(19)4)23(29)24(30)27(21)25-26-11-12-31-25/h5-14,21,28H,1-4H3/b22-20+. The summed E-state index contributed by atoms with van der Waals surface area (Å²) in [5.41, 5.74) is 4.35. The number of aromatic nitrogens is 1. The molecule has 2 heterocycles. The average molecular weight is 433 g/mol. The van der Waals surface area contributed by atoms with E-state index >= 15 is 0 Å². The Labute approximate surface area is 185 Å². The van der Waals surface area contributed by atoms with Crippen LogP contribution in [0.1, 0.15) is 53.6 Å². The molecule has 1 aliphatic rings. The highest BCUT2D eigenvalue weighted by Crippen LogP contribution is 2.43. The molecule has 1 N–H and O–H groups in total. The summed E-state index contributed by atoms with van der Waals surface area (Å²) < 4.78 is 0. The van der Waals surface area contributed by atoms with Crippen molar-refractivity contribution in [1.82, 2.24) is 4.98 Å². The Morgan fingerprint density at radius 3 is 2.42 bits per heavy atom. The molecular formula is C25H24N2O3S. The van der Waals surface area contributed by atoms with E-state index in [9.17, 15) is 14.7 Å². The number of carbonyl (C=O) groups is 2. The average Bonchev–Trinajstić information content (AvgIpc) is 3.36. The molecule has 0 radical (unpaired) electrons. The summed E-state index contributed by atoms with van der Waals surface area (Å²) in [5.74, 6) is -1.18. The number of aryl methyl sites for hydroxylation is 2. The van der Waals surface area contributed by atoms with E-state index in [2.05, 4.69) is 18.8 Å². The summed E-state index contributed by atoms with van der Waals surface area (Å²) in [6.45, 7) is 8.01. The van der Waals surface area contributed by atoms with Crippen molar-refractivity contribution in [2.75, 3.05) is 4.90 Å². The molecule has 0 spiro atoms. The maximum absolute atomic E-state index is 13.1. The molecule has 6 heteroatoms. The Kier molecular flexibility index (Phi) is 5.50. The molecule has 158 valence electrons. The van der Waals surface area contributed by atoms with Crippen LogP contribution in [0.25, 0.3) is 5.76 Å². The van der Waals surface area contributed by atoms with Crippen LogP contribution in [0.3, 0.4) is 0 Å². The molecule has 0 saturated carbocycles. The molecule has 0 bridgehead atoms. The van der Waals surface area contributed by atoms with Crippen LogP contribution in [0.5, 0.6) is 0 Å². The number of nitrogens with zero attached hydrogens (tertiary/aromatic N) is 2. The van der Waals surface area contributed by atoms with Crippen LogP contribution in [0.15, 0.2) is 59.6 Å². The van der Waals surface area contributed by atoms with Crippen molar-refractivity contribution in [3.63, 3.8) is 0 Å². The third-order valence-electron chi connectivity index (χ3n) is 5.64. The topological polar surface area (TPSA) is 70.5 Å². The smallest absolute Gasteiger partial charge is 0.301 e. The molecule has 2 aromatic carbocycles. The molecule has 1 amide bonds. The van der Waals surface area contributed by atoms with Gasteiger partial charge < -0.3 is 5.11 Å². The first-order valence-corrected chi connectivity index (χ1v) is 11.1. The minimum absolute atomic E-state index is 0.0891. The number of rotatable bonds is 4. The predicted octanol–water partition coefficient (Wildman–Crippen LogP) is 5.51. The zero-order valence-corrected chi connectivity index (χ0v) is 18.7. The number of amides is 1. The van der Waals surface area contributed by atoms with Crippen molar-refractivity contribution in [2.45, 2.75) is 39.7 Å². The molecule has 1 fully saturated rings. The van der Waals surface area contributed by atoms with Gasteiger partial charge >= 0.3 is 5.91 Å². The molecule has 1 atom stereocenters. The van der Waals surface area contributed by atoms with Gasteiger partial charge in [-0.1, -0.05) is 55.8 Å². The molecule has 1 aliphatic heterocycles. The van der Waals surface area contributed by atoms with E-state index in [1.54, 1.807) is 11.6 Å². The lowest BCUT2D eigenvalue weighted by atomic mass is 9.92. The highest BCUT2D eigenvalue weighted by Gasteiger charge is 2.48. The number of aliphatic hydroxyl groups excluding tert-OH is 1. The molecule has 31 heavy (non-hydrogen) atoms. The minimum atomic E-state index is -0.743. The van der Waals surface area contributed by atoms with E-state index in [4.69, 9.17) is 0 Å². The van der Waals surface area contributed by atoms with Gasteiger partial charge in [0.25, 0.3) is 5.78 Å². The van der Waals surface area contributed by atoms with E-state index in [0.717, 1.165) is 22.3 Å². The second-order valence-electron chi connectivity index (χ2n) is 8.12. The van der Waals surface area contributed by atoms with Gasteiger partial charge in [-0.3, -0.25) is 14.5 Å². The predicted molar refractivity (Wildman–Crippen MR) is 123 cm³/mol. The fourth-order valence-electron chi connectivity index (χ4n) is 3.88. The normalized spacial score (nSPS) is 18.2. The summed E-state index contributed by atoms with van der Waals surface area (Å²) in [6, 6.07) is 12.8. The van der Waals surface area contributed by atoms with Gasteiger partial charge in [0.15, 0.2) is 5.13 Å². The summed E-state index contributed by atoms with van der Waals surface area (Å²) in [6.07, 6.45) is 1.60. The SMILES string of the molecule is Cc1ccc(C)c(/C(O)=C2\C(=O)C(=O)N(c3nccs3)C2c2ccc(C(C)C)cc2)c1. The molecule has 1 unspecified atom stereocenters. The highest BCUT2D eigenvalue weighted by molar-refractivity contribution is 7.14. The van der Waals surface area contributed by atoms with Gasteiger partial charge in [-0.2, -0.15) is 0 Å². The molecule has 1 aromatic heterocycles. The lowest BCUT2D eigenvalue weighted by Crippen LogP contribution is -2.29. The first-order valence-electron chi connectivity index (χ1n) is 10.2. The summed E-state index contributed by atoms with van der Waals surface area (Å²) in [4.78, 5) is 31.9. The molecule has 1 saturated heterocycles. The van der Waals surface area contributed by atoms with Crippen molar-refractivity contribution in [1.29, 1.82) is 0 Å². The van der Waals surface area contributed by atoms with Gasteiger partial charge in [-0.25, -0.2) is 4.98 Å². The zero-order chi connectivity index (χ0) is 22.3. The van der Waals surface area contributed by atoms with E-state index in [0.29, 0.717) is 16.6 Å². The van der Waals surface area contributed by atoms with Gasteiger partial charge in [0.2, 0.25) is 0 Å². The van der Waals surface area contributed by atoms with E-state index in [1.165, 1.54) is 16.2 Å². The van der Waals surface area contributed by atoms with Crippen LogP contribution in [0.4, 0.5) is 5.13 Å². The summed E-state index contributed by atoms with van der Waals surface area (Å²) in [5, 5.41) is 13.5. The first-order chi connectivity index (χ1) is 14.8. The Balaban J connectivity index is 1.94. The summed E-state index contributed by atoms with van der Waals surface area (Å²) in [7, 11) is 0. The Morgan fingerprint density at radius 2 is 1.81 bits per heavy atom. The van der Waals surface area contributed by atoms with E-state index in [-0.39, 0.29) is 11.3 Å². The molecule has 4 rings (SSSR count). The van der Waals surface area contributed by atoms with Gasteiger partial charge in [-0.15, -0.1) is 11.3 Å². The number of thiazole rings is 1. The van der Waals surface area contributed by atoms with Crippen LogP contribution in [0, 0.1) is 13.8 Å². The van der Waals surface area contributed by atoms with E-state index < -0.39 is 17.7 Å². The Hall–Kier alpha value is -3.25. The third kappa shape index (κ3) is 3.68. The van der Waals surface area contributed by atoms with Crippen molar-refractivity contribution in [3.8, 4) is 0 Å². The number of Topliss-reactive ketones (excluding diaryl/α,β-unsaturated/α-hetero) is 1. The van der Waals surface area contributed by atoms with Crippen LogP contribution >= 0.6 is 11.3 Å². The molecular weight excluding hydrogens is 408 g/mol. The van der Waals surface area contributed by atoms with Crippen molar-refractivity contribution in [2.24, 2.45) is 0 Å². The largest absolute Gasteiger partial charge is 0.507 e. The second-order valence-corrected chi connectivity index (χ2v) is 9.00. The van der Waals surface area contributed by atoms with Crippen LogP contribution in [-0.2, 0) is 9.59 Å². The van der Waals surface area contributed by atoms with Crippen LogP contribution in [0.2, 0.25) is 0 Å². The minimum Gasteiger partial charge on any atom is -0.507 e. The van der Waals surface area contributed by atoms with Crippen molar-refractivity contribution < 1.29 is 14.7 Å². The molecule has 0 aliphatic carbocycles. The van der Waals surface area contributed by atoms with Crippen molar-refractivity contribution >= 4 is 33.9 Å². The number of hydrogen-bond acceptors (Lipinski definition) is 5. The fourth-order valence-corrected chi connectivity index (χ4v) is 4.55. The van der Waals surface area contributed by atoms with Gasteiger partial charge in [0.05, 0.1) is 11.6 Å². The quantitative estimate of drug-likeness (QED) is 0.335. The maximum atomic E-state index is 13.1. The lowest BCUT2D eigenvalue weighted by Gasteiger charge is -2.23. The second kappa shape index (κ2) is 8.12. The van der Waals surface area contributed by atoms with Gasteiger partial charge in [-0.05, 0) is 42.5 Å². The monoisotopic (exact) mass is 432 g/mol.